The number of anilines is 1. The van der Waals surface area contributed by atoms with Crippen LogP contribution in [-0.4, -0.2) is 30.6 Å². The number of hydrogen-bond acceptors (Lipinski definition) is 2. The molecule has 1 rings (SSSR count). The third-order valence-corrected chi connectivity index (χ3v) is 3.31. The maximum absolute atomic E-state index is 12.3. The first-order valence-electron chi connectivity index (χ1n) is 6.45. The maximum atomic E-state index is 12.3. The fraction of sp³-hybridized carbons (Fsp3) is 0.500. The molecule has 1 unspecified atom stereocenters. The fourth-order valence-corrected chi connectivity index (χ4v) is 1.65. The molecule has 0 saturated heterocycles. The fourth-order valence-electron chi connectivity index (χ4n) is 1.65. The second-order valence-electron chi connectivity index (χ2n) is 4.61. The molecule has 112 valence electrons. The minimum absolute atomic E-state index is 0.0593. The summed E-state index contributed by atoms with van der Waals surface area (Å²) in [4.78, 5) is 13.6. The molecule has 0 heterocycles. The average Bonchev–Trinajstić information content (AvgIpc) is 2.40. The first kappa shape index (κ1) is 16.2. The summed E-state index contributed by atoms with van der Waals surface area (Å²) in [6, 6.07) is 4.46. The summed E-state index contributed by atoms with van der Waals surface area (Å²) in [5.74, 6) is 0.0593. The van der Waals surface area contributed by atoms with Crippen LogP contribution in [0, 0.1) is 6.92 Å². The Kier molecular flexibility index (Phi) is 5.73. The van der Waals surface area contributed by atoms with Crippen LogP contribution in [0.3, 0.4) is 0 Å². The highest BCUT2D eigenvalue weighted by atomic mass is 19.3. The molecule has 0 aliphatic rings. The van der Waals surface area contributed by atoms with Crippen LogP contribution in [0.2, 0.25) is 0 Å². The molecule has 0 saturated carbocycles. The van der Waals surface area contributed by atoms with E-state index in [1.165, 1.54) is 6.07 Å². The minimum Gasteiger partial charge on any atom is -0.434 e. The lowest BCUT2D eigenvalue weighted by Gasteiger charge is -2.24. The van der Waals surface area contributed by atoms with Crippen LogP contribution in [0.1, 0.15) is 25.8 Å². The van der Waals surface area contributed by atoms with Crippen molar-refractivity contribution in [2.24, 2.45) is 0 Å². The average molecular weight is 286 g/mol. The van der Waals surface area contributed by atoms with Crippen LogP contribution in [0.25, 0.3) is 0 Å². The predicted octanol–water partition coefficient (Wildman–Crippen LogP) is 3.86. The first-order chi connectivity index (χ1) is 9.36. The highest BCUT2D eigenvalue weighted by molar-refractivity contribution is 5.90. The summed E-state index contributed by atoms with van der Waals surface area (Å²) in [5, 5.41) is 2.70. The molecule has 20 heavy (non-hydrogen) atoms. The lowest BCUT2D eigenvalue weighted by atomic mass is 10.2. The zero-order chi connectivity index (χ0) is 15.3. The molecular formula is C14H20F2N2O2. The van der Waals surface area contributed by atoms with Gasteiger partial charge in [-0.2, -0.15) is 8.78 Å². The molecule has 6 heteroatoms. The Morgan fingerprint density at radius 3 is 2.65 bits per heavy atom. The highest BCUT2D eigenvalue weighted by Crippen LogP contribution is 2.27. The molecule has 0 aromatic heterocycles. The van der Waals surface area contributed by atoms with Gasteiger partial charge in [0, 0.05) is 24.3 Å². The normalized spacial score (nSPS) is 12.2. The molecule has 0 fully saturated rings. The second-order valence-corrected chi connectivity index (χ2v) is 4.61. The predicted molar refractivity (Wildman–Crippen MR) is 74.3 cm³/mol. The number of alkyl halides is 2. The zero-order valence-electron chi connectivity index (χ0n) is 12.1. The Balaban J connectivity index is 2.85. The van der Waals surface area contributed by atoms with E-state index in [1.807, 2.05) is 13.8 Å². The van der Waals surface area contributed by atoms with Crippen molar-refractivity contribution in [3.8, 4) is 5.75 Å². The molecule has 0 bridgehead atoms. The lowest BCUT2D eigenvalue weighted by Crippen LogP contribution is -2.38. The van der Waals surface area contributed by atoms with Crippen molar-refractivity contribution in [1.82, 2.24) is 4.90 Å². The Morgan fingerprint density at radius 2 is 2.10 bits per heavy atom. The minimum atomic E-state index is -2.89. The molecule has 1 aromatic rings. The molecule has 0 aliphatic carbocycles. The molecule has 0 spiro atoms. The van der Waals surface area contributed by atoms with Gasteiger partial charge in [-0.3, -0.25) is 0 Å². The molecular weight excluding hydrogens is 266 g/mol. The third-order valence-electron chi connectivity index (χ3n) is 3.31. The van der Waals surface area contributed by atoms with Crippen LogP contribution in [-0.2, 0) is 0 Å². The standard InChI is InChI=1S/C14H20F2N2O2/c1-5-9(2)18(4)14(19)17-11-7-6-8-12(10(11)3)20-13(15)16/h6-9,13H,5H2,1-4H3,(H,17,19). The Hall–Kier alpha value is -1.85. The number of halogens is 2. The van der Waals surface area contributed by atoms with Crippen molar-refractivity contribution in [3.05, 3.63) is 23.8 Å². The molecule has 2 amide bonds. The molecule has 0 aliphatic heterocycles. The van der Waals surface area contributed by atoms with E-state index in [2.05, 4.69) is 10.1 Å². The number of hydrogen-bond donors (Lipinski definition) is 1. The smallest absolute Gasteiger partial charge is 0.387 e. The van der Waals surface area contributed by atoms with Gasteiger partial charge in [-0.15, -0.1) is 0 Å². The van der Waals surface area contributed by atoms with E-state index in [1.54, 1.807) is 31.0 Å². The number of benzene rings is 1. The number of nitrogens with one attached hydrogen (secondary N) is 1. The van der Waals surface area contributed by atoms with Gasteiger partial charge in [-0.05, 0) is 32.4 Å². The van der Waals surface area contributed by atoms with Crippen molar-refractivity contribution in [1.29, 1.82) is 0 Å². The van der Waals surface area contributed by atoms with Gasteiger partial charge >= 0.3 is 12.6 Å². The number of urea groups is 1. The molecule has 4 nitrogen and oxygen atoms in total. The Morgan fingerprint density at radius 1 is 1.45 bits per heavy atom. The topological polar surface area (TPSA) is 41.6 Å². The van der Waals surface area contributed by atoms with Crippen LogP contribution >= 0.6 is 0 Å². The SMILES string of the molecule is CCC(C)N(C)C(=O)Nc1cccc(OC(F)F)c1C. The molecule has 0 radical (unpaired) electrons. The monoisotopic (exact) mass is 286 g/mol. The van der Waals surface area contributed by atoms with Crippen molar-refractivity contribution < 1.29 is 18.3 Å². The van der Waals surface area contributed by atoms with E-state index >= 15 is 0 Å². The van der Waals surface area contributed by atoms with Gasteiger partial charge in [-0.25, -0.2) is 4.79 Å². The Bertz CT molecular complexity index is 466. The van der Waals surface area contributed by atoms with Crippen LogP contribution in [0.15, 0.2) is 18.2 Å². The summed E-state index contributed by atoms with van der Waals surface area (Å²) in [7, 11) is 1.69. The largest absolute Gasteiger partial charge is 0.434 e. The van der Waals surface area contributed by atoms with E-state index in [0.29, 0.717) is 11.3 Å². The number of nitrogens with zero attached hydrogens (tertiary/aromatic N) is 1. The van der Waals surface area contributed by atoms with Gasteiger partial charge in [0.25, 0.3) is 0 Å². The number of carbonyl (C=O) groups is 1. The van der Waals surface area contributed by atoms with E-state index in [0.717, 1.165) is 6.42 Å². The summed E-state index contributed by atoms with van der Waals surface area (Å²) in [6.07, 6.45) is 0.831. The van der Waals surface area contributed by atoms with E-state index in [-0.39, 0.29) is 17.8 Å². The van der Waals surface area contributed by atoms with E-state index in [4.69, 9.17) is 0 Å². The Labute approximate surface area is 117 Å². The summed E-state index contributed by atoms with van der Waals surface area (Å²) < 4.78 is 28.9. The van der Waals surface area contributed by atoms with E-state index in [9.17, 15) is 13.6 Å². The van der Waals surface area contributed by atoms with Crippen molar-refractivity contribution in [3.63, 3.8) is 0 Å². The van der Waals surface area contributed by atoms with Gasteiger partial charge in [0.05, 0.1) is 0 Å². The van der Waals surface area contributed by atoms with Gasteiger partial charge < -0.3 is 15.0 Å². The summed E-state index contributed by atoms with van der Waals surface area (Å²) >= 11 is 0. The first-order valence-corrected chi connectivity index (χ1v) is 6.45. The number of ether oxygens (including phenoxy) is 1. The third kappa shape index (κ3) is 4.08. The van der Waals surface area contributed by atoms with Gasteiger partial charge in [-0.1, -0.05) is 13.0 Å². The van der Waals surface area contributed by atoms with Gasteiger partial charge in [0.1, 0.15) is 5.75 Å². The molecule has 1 aromatic carbocycles. The van der Waals surface area contributed by atoms with Crippen LogP contribution in [0.5, 0.6) is 5.75 Å². The summed E-state index contributed by atoms with van der Waals surface area (Å²) in [6.45, 7) is 2.65. The number of amides is 2. The second kappa shape index (κ2) is 7.07. The van der Waals surface area contributed by atoms with Crippen molar-refractivity contribution in [2.45, 2.75) is 39.8 Å². The maximum Gasteiger partial charge on any atom is 0.387 e. The summed E-state index contributed by atoms with van der Waals surface area (Å²) in [5.41, 5.74) is 0.932. The van der Waals surface area contributed by atoms with Gasteiger partial charge in [0.2, 0.25) is 0 Å². The zero-order valence-corrected chi connectivity index (χ0v) is 12.1. The quantitative estimate of drug-likeness (QED) is 0.893. The van der Waals surface area contributed by atoms with Crippen LogP contribution < -0.4 is 10.1 Å². The lowest BCUT2D eigenvalue weighted by molar-refractivity contribution is -0.0502. The number of carbonyl (C=O) groups excluding carboxylic acids is 1. The van der Waals surface area contributed by atoms with Crippen molar-refractivity contribution >= 4 is 11.7 Å². The van der Waals surface area contributed by atoms with E-state index < -0.39 is 6.61 Å². The number of rotatable bonds is 5. The van der Waals surface area contributed by atoms with Gasteiger partial charge in [0.15, 0.2) is 0 Å². The van der Waals surface area contributed by atoms with Crippen molar-refractivity contribution in [2.75, 3.05) is 12.4 Å². The highest BCUT2D eigenvalue weighted by Gasteiger charge is 2.16. The molecule has 1 N–H and O–H groups in total. The van der Waals surface area contributed by atoms with Crippen LogP contribution in [0.4, 0.5) is 19.3 Å². The molecule has 1 atom stereocenters.